The average Bonchev–Trinajstić information content (AvgIpc) is 3.07. The molecule has 1 aromatic heterocycles. The molecule has 0 spiro atoms. The van der Waals surface area contributed by atoms with Gasteiger partial charge >= 0.3 is 0 Å². The van der Waals surface area contributed by atoms with E-state index in [4.69, 9.17) is 9.47 Å². The third-order valence-corrected chi connectivity index (χ3v) is 4.55. The first-order valence-electron chi connectivity index (χ1n) is 9.06. The normalized spacial score (nSPS) is 10.6. The zero-order valence-corrected chi connectivity index (χ0v) is 16.6. The Labute approximate surface area is 163 Å². The van der Waals surface area contributed by atoms with Gasteiger partial charge in [-0.3, -0.25) is 4.57 Å². The van der Waals surface area contributed by atoms with Crippen molar-refractivity contribution < 1.29 is 9.47 Å². The van der Waals surface area contributed by atoms with Crippen LogP contribution in [0.3, 0.4) is 0 Å². The van der Waals surface area contributed by atoms with Crippen LogP contribution in [0, 0.1) is 0 Å². The van der Waals surface area contributed by atoms with E-state index in [2.05, 4.69) is 22.4 Å². The molecule has 3 aromatic rings. The van der Waals surface area contributed by atoms with Gasteiger partial charge < -0.3 is 14.8 Å². The molecule has 0 aliphatic carbocycles. The van der Waals surface area contributed by atoms with Gasteiger partial charge in [-0.05, 0) is 68.1 Å². The Morgan fingerprint density at radius 2 is 1.44 bits per heavy atom. The van der Waals surface area contributed by atoms with Gasteiger partial charge in [-0.1, -0.05) is 18.7 Å². The second-order valence-electron chi connectivity index (χ2n) is 5.58. The Bertz CT molecular complexity index is 847. The fraction of sp³-hybridized carbons (Fsp3) is 0.300. The molecule has 0 fully saturated rings. The van der Waals surface area contributed by atoms with Gasteiger partial charge in [0.05, 0.1) is 18.9 Å². The number of nitrogens with one attached hydrogen (secondary N) is 1. The number of anilines is 2. The topological polar surface area (TPSA) is 61.2 Å². The minimum absolute atomic E-state index is 0.646. The van der Waals surface area contributed by atoms with E-state index in [1.165, 1.54) is 0 Å². The molecule has 0 saturated heterocycles. The SMILES string of the molecule is CCOc1ccc(Nc2nnc(SCC)n2-c2ccc(OCC)cc2)cc1. The molecule has 2 aromatic carbocycles. The fourth-order valence-electron chi connectivity index (χ4n) is 2.59. The maximum Gasteiger partial charge on any atom is 0.234 e. The Balaban J connectivity index is 1.89. The van der Waals surface area contributed by atoms with Gasteiger partial charge in [-0.25, -0.2) is 0 Å². The Hall–Kier alpha value is -2.67. The smallest absolute Gasteiger partial charge is 0.234 e. The maximum atomic E-state index is 5.54. The first-order valence-corrected chi connectivity index (χ1v) is 10.0. The van der Waals surface area contributed by atoms with Crippen LogP contribution in [0.5, 0.6) is 11.5 Å². The molecule has 1 heterocycles. The zero-order valence-electron chi connectivity index (χ0n) is 15.8. The van der Waals surface area contributed by atoms with Crippen LogP contribution in [0.25, 0.3) is 5.69 Å². The van der Waals surface area contributed by atoms with Crippen molar-refractivity contribution in [2.24, 2.45) is 0 Å². The van der Waals surface area contributed by atoms with Crippen molar-refractivity contribution in [3.05, 3.63) is 48.5 Å². The second kappa shape index (κ2) is 9.32. The number of hydrogen-bond acceptors (Lipinski definition) is 6. The molecular weight excluding hydrogens is 360 g/mol. The molecule has 0 saturated carbocycles. The summed E-state index contributed by atoms with van der Waals surface area (Å²) in [5.74, 6) is 3.27. The second-order valence-corrected chi connectivity index (χ2v) is 6.82. The van der Waals surface area contributed by atoms with Crippen molar-refractivity contribution >= 4 is 23.4 Å². The van der Waals surface area contributed by atoms with Gasteiger partial charge in [-0.2, -0.15) is 0 Å². The van der Waals surface area contributed by atoms with Gasteiger partial charge in [0.1, 0.15) is 11.5 Å². The summed E-state index contributed by atoms with van der Waals surface area (Å²) in [6, 6.07) is 15.7. The van der Waals surface area contributed by atoms with Crippen LogP contribution in [-0.2, 0) is 0 Å². The molecule has 0 bridgehead atoms. The minimum Gasteiger partial charge on any atom is -0.494 e. The van der Waals surface area contributed by atoms with Crippen LogP contribution in [0.1, 0.15) is 20.8 Å². The molecular formula is C20H24N4O2S. The molecule has 142 valence electrons. The molecule has 7 heteroatoms. The lowest BCUT2D eigenvalue weighted by Crippen LogP contribution is -2.03. The summed E-state index contributed by atoms with van der Waals surface area (Å²) in [6.45, 7) is 7.34. The number of thioether (sulfide) groups is 1. The van der Waals surface area contributed by atoms with Crippen LogP contribution in [0.2, 0.25) is 0 Å². The molecule has 0 radical (unpaired) electrons. The summed E-state index contributed by atoms with van der Waals surface area (Å²) in [5, 5.41) is 12.9. The highest BCUT2D eigenvalue weighted by Gasteiger charge is 2.14. The summed E-state index contributed by atoms with van der Waals surface area (Å²) in [6.07, 6.45) is 0. The van der Waals surface area contributed by atoms with E-state index in [0.717, 1.165) is 33.8 Å². The highest BCUT2D eigenvalue weighted by Crippen LogP contribution is 2.28. The molecule has 0 atom stereocenters. The van der Waals surface area contributed by atoms with E-state index < -0.39 is 0 Å². The molecule has 6 nitrogen and oxygen atoms in total. The summed E-state index contributed by atoms with van der Waals surface area (Å²) in [7, 11) is 0. The molecule has 3 rings (SSSR count). The quantitative estimate of drug-likeness (QED) is 0.528. The van der Waals surface area contributed by atoms with E-state index in [-0.39, 0.29) is 0 Å². The third kappa shape index (κ3) is 4.74. The molecule has 27 heavy (non-hydrogen) atoms. The summed E-state index contributed by atoms with van der Waals surface area (Å²) in [5.41, 5.74) is 1.90. The monoisotopic (exact) mass is 384 g/mol. The number of benzene rings is 2. The molecule has 0 aliphatic rings. The van der Waals surface area contributed by atoms with Crippen LogP contribution >= 0.6 is 11.8 Å². The van der Waals surface area contributed by atoms with E-state index >= 15 is 0 Å². The van der Waals surface area contributed by atoms with Crippen LogP contribution in [0.4, 0.5) is 11.6 Å². The molecule has 0 amide bonds. The van der Waals surface area contributed by atoms with Gasteiger partial charge in [0.2, 0.25) is 5.95 Å². The summed E-state index contributed by atoms with van der Waals surface area (Å²) >= 11 is 1.65. The number of rotatable bonds is 9. The molecule has 0 aliphatic heterocycles. The van der Waals surface area contributed by atoms with Crippen molar-refractivity contribution in [3.8, 4) is 17.2 Å². The minimum atomic E-state index is 0.646. The Kier molecular flexibility index (Phi) is 6.59. The van der Waals surface area contributed by atoms with Crippen molar-refractivity contribution in [2.45, 2.75) is 25.9 Å². The number of nitrogens with zero attached hydrogens (tertiary/aromatic N) is 3. The van der Waals surface area contributed by atoms with Crippen LogP contribution in [-0.4, -0.2) is 33.7 Å². The summed E-state index contributed by atoms with van der Waals surface area (Å²) in [4.78, 5) is 0. The molecule has 0 unspecified atom stereocenters. The van der Waals surface area contributed by atoms with Gasteiger partial charge in [0.15, 0.2) is 5.16 Å². The highest BCUT2D eigenvalue weighted by atomic mass is 32.2. The van der Waals surface area contributed by atoms with E-state index in [0.29, 0.717) is 19.2 Å². The van der Waals surface area contributed by atoms with Crippen molar-refractivity contribution in [1.82, 2.24) is 14.8 Å². The lowest BCUT2D eigenvalue weighted by atomic mass is 10.3. The van der Waals surface area contributed by atoms with E-state index in [1.807, 2.05) is 66.9 Å². The van der Waals surface area contributed by atoms with E-state index in [1.54, 1.807) is 11.8 Å². The van der Waals surface area contributed by atoms with Crippen LogP contribution < -0.4 is 14.8 Å². The summed E-state index contributed by atoms with van der Waals surface area (Å²) < 4.78 is 13.0. The lowest BCUT2D eigenvalue weighted by molar-refractivity contribution is 0.340. The van der Waals surface area contributed by atoms with Gasteiger partial charge in [-0.15, -0.1) is 10.2 Å². The van der Waals surface area contributed by atoms with Crippen LogP contribution in [0.15, 0.2) is 53.7 Å². The predicted molar refractivity (Wildman–Crippen MR) is 110 cm³/mol. The van der Waals surface area contributed by atoms with E-state index in [9.17, 15) is 0 Å². The highest BCUT2D eigenvalue weighted by molar-refractivity contribution is 7.99. The lowest BCUT2D eigenvalue weighted by Gasteiger charge is -2.12. The van der Waals surface area contributed by atoms with Crippen molar-refractivity contribution in [2.75, 3.05) is 24.3 Å². The average molecular weight is 385 g/mol. The zero-order chi connectivity index (χ0) is 19.1. The Morgan fingerprint density at radius 3 is 2.00 bits per heavy atom. The first-order chi connectivity index (χ1) is 13.2. The maximum absolute atomic E-state index is 5.54. The largest absolute Gasteiger partial charge is 0.494 e. The Morgan fingerprint density at radius 1 is 0.852 bits per heavy atom. The van der Waals surface area contributed by atoms with Gasteiger partial charge in [0.25, 0.3) is 0 Å². The third-order valence-electron chi connectivity index (χ3n) is 3.73. The standard InChI is InChI=1S/C20H24N4O2S/c1-4-25-17-11-7-15(8-12-17)21-19-22-23-20(27-6-3)24(19)16-9-13-18(14-10-16)26-5-2/h7-14H,4-6H2,1-3H3,(H,21,22). The number of aromatic nitrogens is 3. The fourth-order valence-corrected chi connectivity index (χ4v) is 3.27. The van der Waals surface area contributed by atoms with Crippen molar-refractivity contribution in [1.29, 1.82) is 0 Å². The molecule has 1 N–H and O–H groups in total. The first kappa shape index (κ1) is 19.1. The number of ether oxygens (including phenoxy) is 2. The van der Waals surface area contributed by atoms with Crippen molar-refractivity contribution in [3.63, 3.8) is 0 Å². The van der Waals surface area contributed by atoms with Gasteiger partial charge in [0, 0.05) is 5.69 Å². The number of hydrogen-bond donors (Lipinski definition) is 1. The predicted octanol–water partition coefficient (Wildman–Crippen LogP) is 4.92.